The number of amides is 2. The van der Waals surface area contributed by atoms with Crippen LogP contribution in [0.4, 0.5) is 4.79 Å². The Balaban J connectivity index is 2.11. The van der Waals surface area contributed by atoms with Crippen molar-refractivity contribution < 1.29 is 24.9 Å². The van der Waals surface area contributed by atoms with Crippen molar-refractivity contribution in [2.45, 2.75) is 37.1 Å². The normalized spacial score (nSPS) is 33.0. The second-order valence-electron chi connectivity index (χ2n) is 6.14. The molecule has 0 aromatic heterocycles. The van der Waals surface area contributed by atoms with Gasteiger partial charge in [0.1, 0.15) is 6.04 Å². The van der Waals surface area contributed by atoms with E-state index in [1.54, 1.807) is 0 Å². The molecule has 2 rings (SSSR count). The molecule has 3 unspecified atom stereocenters. The third-order valence-corrected chi connectivity index (χ3v) is 4.02. The topological polar surface area (TPSA) is 105 Å². The number of rotatable bonds is 3. The zero-order chi connectivity index (χ0) is 15.7. The predicted octanol–water partition coefficient (Wildman–Crippen LogP) is -1.38. The number of hydrogen-bond acceptors (Lipinski definition) is 5. The number of hydrogen-bond donors (Lipinski definition) is 3. The number of carbonyl (C=O) groups is 2. The van der Waals surface area contributed by atoms with E-state index in [4.69, 9.17) is 0 Å². The van der Waals surface area contributed by atoms with Gasteiger partial charge in [0.15, 0.2) is 0 Å². The molecule has 4 atom stereocenters. The van der Waals surface area contributed by atoms with Gasteiger partial charge in [-0.2, -0.15) is 0 Å². The number of aliphatic carboxylic acids is 1. The summed E-state index contributed by atoms with van der Waals surface area (Å²) in [6.07, 6.45) is -0.863. The van der Waals surface area contributed by atoms with Crippen LogP contribution in [0.3, 0.4) is 0 Å². The van der Waals surface area contributed by atoms with Crippen LogP contribution in [0.5, 0.6) is 0 Å². The lowest BCUT2D eigenvalue weighted by Crippen LogP contribution is -2.51. The molecular weight excluding hydrogens is 278 g/mol. The average molecular weight is 301 g/mol. The zero-order valence-electron chi connectivity index (χ0n) is 12.3. The number of carboxylic acids is 1. The molecule has 120 valence electrons. The van der Waals surface area contributed by atoms with E-state index >= 15 is 0 Å². The van der Waals surface area contributed by atoms with Crippen molar-refractivity contribution >= 4 is 12.0 Å². The SMILES string of the molecule is CN(C)CC1CC(O)CN1C(=O)N1CC(O)C[C@H]1C(=O)O. The first-order valence-corrected chi connectivity index (χ1v) is 7.10. The second-order valence-corrected chi connectivity index (χ2v) is 6.14. The van der Waals surface area contributed by atoms with E-state index in [1.165, 1.54) is 9.80 Å². The first kappa shape index (κ1) is 16.0. The van der Waals surface area contributed by atoms with Gasteiger partial charge in [-0.25, -0.2) is 9.59 Å². The lowest BCUT2D eigenvalue weighted by molar-refractivity contribution is -0.141. The standard InChI is InChI=1S/C13H23N3O5/c1-14(2)5-8-3-9(17)6-15(8)13(21)16-7-10(18)4-11(16)12(19)20/h8-11,17-18H,3-7H2,1-2H3,(H,19,20)/t8?,9?,10?,11-/m0/s1. The van der Waals surface area contributed by atoms with Gasteiger partial charge in [-0.05, 0) is 20.5 Å². The van der Waals surface area contributed by atoms with Gasteiger partial charge >= 0.3 is 12.0 Å². The first-order chi connectivity index (χ1) is 9.79. The Hall–Kier alpha value is -1.38. The van der Waals surface area contributed by atoms with Crippen LogP contribution < -0.4 is 0 Å². The first-order valence-electron chi connectivity index (χ1n) is 7.10. The molecule has 0 spiro atoms. The summed E-state index contributed by atoms with van der Waals surface area (Å²) in [6.45, 7) is 0.838. The number of urea groups is 1. The highest BCUT2D eigenvalue weighted by molar-refractivity contribution is 5.84. The predicted molar refractivity (Wildman–Crippen MR) is 73.8 cm³/mol. The van der Waals surface area contributed by atoms with Gasteiger partial charge in [-0.15, -0.1) is 0 Å². The molecule has 0 aromatic rings. The van der Waals surface area contributed by atoms with Crippen molar-refractivity contribution in [2.24, 2.45) is 0 Å². The number of likely N-dealkylation sites (tertiary alicyclic amines) is 2. The van der Waals surface area contributed by atoms with Crippen molar-refractivity contribution in [3.8, 4) is 0 Å². The summed E-state index contributed by atoms with van der Waals surface area (Å²) in [5, 5.41) is 28.6. The second kappa shape index (κ2) is 6.17. The Morgan fingerprint density at radius 1 is 1.10 bits per heavy atom. The van der Waals surface area contributed by atoms with E-state index in [-0.39, 0.29) is 25.6 Å². The number of carboxylic acid groups (broad SMARTS) is 1. The summed E-state index contributed by atoms with van der Waals surface area (Å²) in [5.41, 5.74) is 0. The van der Waals surface area contributed by atoms with Crippen LogP contribution >= 0.6 is 0 Å². The minimum absolute atomic E-state index is 0.0249. The zero-order valence-corrected chi connectivity index (χ0v) is 12.3. The number of nitrogens with zero attached hydrogens (tertiary/aromatic N) is 3. The highest BCUT2D eigenvalue weighted by Crippen LogP contribution is 2.25. The Morgan fingerprint density at radius 2 is 1.67 bits per heavy atom. The number of aliphatic hydroxyl groups excluding tert-OH is 2. The van der Waals surface area contributed by atoms with Crippen LogP contribution in [0, 0.1) is 0 Å². The number of likely N-dealkylation sites (N-methyl/N-ethyl adjacent to an activating group) is 1. The molecule has 2 saturated heterocycles. The van der Waals surface area contributed by atoms with Gasteiger partial charge in [0.05, 0.1) is 12.2 Å². The van der Waals surface area contributed by atoms with Gasteiger partial charge < -0.3 is 30.0 Å². The fourth-order valence-corrected chi connectivity index (χ4v) is 3.15. The van der Waals surface area contributed by atoms with E-state index in [2.05, 4.69) is 0 Å². The maximum atomic E-state index is 12.6. The van der Waals surface area contributed by atoms with E-state index < -0.39 is 30.3 Å². The van der Waals surface area contributed by atoms with Crippen LogP contribution in [0.2, 0.25) is 0 Å². The molecule has 8 heteroatoms. The van der Waals surface area contributed by atoms with E-state index in [0.717, 1.165) is 0 Å². The summed E-state index contributed by atoms with van der Waals surface area (Å²) in [6, 6.07) is -1.55. The molecule has 2 aliphatic heterocycles. The Bertz CT molecular complexity index is 417. The monoisotopic (exact) mass is 301 g/mol. The van der Waals surface area contributed by atoms with Crippen LogP contribution in [0.15, 0.2) is 0 Å². The smallest absolute Gasteiger partial charge is 0.326 e. The van der Waals surface area contributed by atoms with Gasteiger partial charge in [-0.1, -0.05) is 0 Å². The molecule has 2 heterocycles. The third kappa shape index (κ3) is 3.45. The summed E-state index contributed by atoms with van der Waals surface area (Å²) in [7, 11) is 3.76. The van der Waals surface area contributed by atoms with Crippen molar-refractivity contribution in [1.29, 1.82) is 0 Å². The van der Waals surface area contributed by atoms with Crippen molar-refractivity contribution in [3.63, 3.8) is 0 Å². The van der Waals surface area contributed by atoms with Crippen LogP contribution in [0.25, 0.3) is 0 Å². The van der Waals surface area contributed by atoms with Crippen LogP contribution in [0.1, 0.15) is 12.8 Å². The number of β-amino-alcohol motifs (C(OH)–C–C–N with tert-alkyl or cyclic N) is 2. The quantitative estimate of drug-likeness (QED) is 0.594. The lowest BCUT2D eigenvalue weighted by atomic mass is 10.2. The number of carbonyl (C=O) groups excluding carboxylic acids is 1. The summed E-state index contributed by atoms with van der Waals surface area (Å²) in [4.78, 5) is 28.5. The summed E-state index contributed by atoms with van der Waals surface area (Å²) < 4.78 is 0. The van der Waals surface area contributed by atoms with Gasteiger partial charge in [0, 0.05) is 32.1 Å². The molecule has 0 radical (unpaired) electrons. The fourth-order valence-electron chi connectivity index (χ4n) is 3.15. The number of aliphatic hydroxyl groups is 2. The molecule has 0 aromatic carbocycles. The molecule has 3 N–H and O–H groups in total. The maximum Gasteiger partial charge on any atom is 0.326 e. The van der Waals surface area contributed by atoms with Gasteiger partial charge in [0.25, 0.3) is 0 Å². The van der Waals surface area contributed by atoms with Crippen molar-refractivity contribution in [2.75, 3.05) is 33.7 Å². The lowest BCUT2D eigenvalue weighted by Gasteiger charge is -2.32. The Kier molecular flexibility index (Phi) is 4.70. The minimum atomic E-state index is -1.11. The minimum Gasteiger partial charge on any atom is -0.480 e. The highest BCUT2D eigenvalue weighted by atomic mass is 16.4. The van der Waals surface area contributed by atoms with Crippen LogP contribution in [-0.4, -0.2) is 100 Å². The molecule has 0 saturated carbocycles. The van der Waals surface area contributed by atoms with E-state index in [1.807, 2.05) is 19.0 Å². The van der Waals surface area contributed by atoms with Gasteiger partial charge in [0.2, 0.25) is 0 Å². The Labute approximate surface area is 123 Å². The average Bonchev–Trinajstić information content (AvgIpc) is 2.91. The van der Waals surface area contributed by atoms with Crippen molar-refractivity contribution in [1.82, 2.24) is 14.7 Å². The van der Waals surface area contributed by atoms with Gasteiger partial charge in [-0.3, -0.25) is 0 Å². The molecule has 8 nitrogen and oxygen atoms in total. The fraction of sp³-hybridized carbons (Fsp3) is 0.846. The largest absolute Gasteiger partial charge is 0.480 e. The molecule has 0 bridgehead atoms. The Morgan fingerprint density at radius 3 is 2.24 bits per heavy atom. The van der Waals surface area contributed by atoms with Crippen LogP contribution in [-0.2, 0) is 4.79 Å². The van der Waals surface area contributed by atoms with E-state index in [9.17, 15) is 24.9 Å². The summed E-state index contributed by atoms with van der Waals surface area (Å²) >= 11 is 0. The summed E-state index contributed by atoms with van der Waals surface area (Å²) in [5.74, 6) is -1.11. The van der Waals surface area contributed by atoms with Crippen molar-refractivity contribution in [3.05, 3.63) is 0 Å². The molecule has 2 fully saturated rings. The molecular formula is C13H23N3O5. The molecule has 21 heavy (non-hydrogen) atoms. The van der Waals surface area contributed by atoms with E-state index in [0.29, 0.717) is 13.0 Å². The molecule has 2 amide bonds. The highest BCUT2D eigenvalue weighted by Gasteiger charge is 2.44. The third-order valence-electron chi connectivity index (χ3n) is 4.02. The molecule has 2 aliphatic rings. The maximum absolute atomic E-state index is 12.6. The molecule has 0 aliphatic carbocycles.